The number of nitrogens with two attached hydrogens (primary N) is 1. The summed E-state index contributed by atoms with van der Waals surface area (Å²) in [6.07, 6.45) is 6.53. The fraction of sp³-hybridized carbons (Fsp3) is 0.346. The average molecular weight is 475 g/mol. The molecule has 0 saturated carbocycles. The van der Waals surface area contributed by atoms with E-state index in [1.165, 1.54) is 10.9 Å². The largest absolute Gasteiger partial charge is 0.392 e. The standard InChI is InChI=1S/C26H30N6O3/c1-28-23(20-9-13-29-14-10-20)24-22(27)25(34)32(18-30-24)17-26(35)11-15-31(16-12-26)21(33)8-7-19-5-3-2-4-6-19/h2-6,9-10,13-14,18,35H,7-8,11-12,15-17,27H2,1H3. The van der Waals surface area contributed by atoms with E-state index in [-0.39, 0.29) is 18.1 Å². The molecule has 9 heteroatoms. The monoisotopic (exact) mass is 474 g/mol. The summed E-state index contributed by atoms with van der Waals surface area (Å²) in [6, 6.07) is 13.4. The molecular weight excluding hydrogens is 444 g/mol. The Hall–Kier alpha value is -3.85. The second-order valence-corrected chi connectivity index (χ2v) is 8.84. The van der Waals surface area contributed by atoms with Crippen LogP contribution in [-0.2, 0) is 17.8 Å². The normalized spacial score (nSPS) is 15.7. The van der Waals surface area contributed by atoms with Crippen LogP contribution in [0, 0.1) is 0 Å². The second kappa shape index (κ2) is 10.6. The van der Waals surface area contributed by atoms with Gasteiger partial charge in [-0.1, -0.05) is 30.3 Å². The van der Waals surface area contributed by atoms with Crippen molar-refractivity contribution in [2.24, 2.45) is 4.99 Å². The number of nitrogens with zero attached hydrogens (tertiary/aromatic N) is 5. The van der Waals surface area contributed by atoms with Crippen LogP contribution in [-0.4, -0.2) is 61.9 Å². The number of nitrogen functional groups attached to an aromatic ring is 1. The number of likely N-dealkylation sites (tertiary alicyclic amines) is 1. The molecule has 1 saturated heterocycles. The first-order valence-electron chi connectivity index (χ1n) is 11.7. The van der Waals surface area contributed by atoms with Crippen molar-refractivity contribution < 1.29 is 9.90 Å². The van der Waals surface area contributed by atoms with Crippen LogP contribution in [0.1, 0.15) is 36.1 Å². The highest BCUT2D eigenvalue weighted by Crippen LogP contribution is 2.25. The SMILES string of the molecule is CN=C(c1ccncc1)c1ncn(CC2(O)CCN(C(=O)CCc3ccccc3)CC2)c(=O)c1N. The summed E-state index contributed by atoms with van der Waals surface area (Å²) < 4.78 is 1.34. The Labute approximate surface area is 204 Å². The van der Waals surface area contributed by atoms with Gasteiger partial charge < -0.3 is 15.7 Å². The third-order valence-electron chi connectivity index (χ3n) is 6.46. The van der Waals surface area contributed by atoms with Gasteiger partial charge >= 0.3 is 0 Å². The molecule has 1 fully saturated rings. The fourth-order valence-electron chi connectivity index (χ4n) is 4.39. The number of carbonyl (C=O) groups is 1. The Balaban J connectivity index is 1.40. The van der Waals surface area contributed by atoms with Gasteiger partial charge in [0.2, 0.25) is 5.91 Å². The highest BCUT2D eigenvalue weighted by molar-refractivity contribution is 6.14. The molecule has 1 amide bonds. The Morgan fingerprint density at radius 2 is 1.83 bits per heavy atom. The predicted octanol–water partition coefficient (Wildman–Crippen LogP) is 1.67. The van der Waals surface area contributed by atoms with Crippen LogP contribution < -0.4 is 11.3 Å². The number of aryl methyl sites for hydroxylation is 1. The van der Waals surface area contributed by atoms with Gasteiger partial charge in [-0.2, -0.15) is 0 Å². The molecule has 9 nitrogen and oxygen atoms in total. The van der Waals surface area contributed by atoms with Crippen LogP contribution in [0.5, 0.6) is 0 Å². The molecule has 2 aromatic heterocycles. The number of aliphatic hydroxyl groups is 1. The van der Waals surface area contributed by atoms with Crippen molar-refractivity contribution in [3.63, 3.8) is 0 Å². The maximum atomic E-state index is 13.0. The molecular formula is C26H30N6O3. The highest BCUT2D eigenvalue weighted by Gasteiger charge is 2.34. The summed E-state index contributed by atoms with van der Waals surface area (Å²) in [4.78, 5) is 40.1. The molecule has 3 N–H and O–H groups in total. The van der Waals surface area contributed by atoms with E-state index in [2.05, 4.69) is 15.0 Å². The molecule has 1 aliphatic rings. The lowest BCUT2D eigenvalue weighted by atomic mass is 9.91. The molecule has 3 aromatic rings. The molecule has 4 rings (SSSR count). The van der Waals surface area contributed by atoms with Crippen molar-refractivity contribution in [2.45, 2.75) is 37.8 Å². The minimum Gasteiger partial charge on any atom is -0.392 e. The zero-order valence-corrected chi connectivity index (χ0v) is 19.8. The summed E-state index contributed by atoms with van der Waals surface area (Å²) >= 11 is 0. The third-order valence-corrected chi connectivity index (χ3v) is 6.46. The maximum Gasteiger partial charge on any atom is 0.277 e. The predicted molar refractivity (Wildman–Crippen MR) is 134 cm³/mol. The van der Waals surface area contributed by atoms with Crippen LogP contribution in [0.4, 0.5) is 5.69 Å². The number of pyridine rings is 1. The molecule has 0 atom stereocenters. The van der Waals surface area contributed by atoms with E-state index in [9.17, 15) is 14.7 Å². The van der Waals surface area contributed by atoms with Crippen molar-refractivity contribution in [3.8, 4) is 0 Å². The number of hydrogen-bond acceptors (Lipinski definition) is 7. The van der Waals surface area contributed by atoms with Crippen molar-refractivity contribution in [1.29, 1.82) is 0 Å². The van der Waals surface area contributed by atoms with E-state index in [0.717, 1.165) is 11.1 Å². The molecule has 0 spiro atoms. The van der Waals surface area contributed by atoms with Crippen molar-refractivity contribution in [1.82, 2.24) is 19.4 Å². The Morgan fingerprint density at radius 1 is 1.14 bits per heavy atom. The van der Waals surface area contributed by atoms with Crippen LogP contribution in [0.25, 0.3) is 0 Å². The van der Waals surface area contributed by atoms with E-state index in [1.54, 1.807) is 36.5 Å². The first-order chi connectivity index (χ1) is 16.9. The number of anilines is 1. The van der Waals surface area contributed by atoms with Gasteiger partial charge in [0.15, 0.2) is 0 Å². The molecule has 3 heterocycles. The highest BCUT2D eigenvalue weighted by atomic mass is 16.3. The van der Waals surface area contributed by atoms with Gasteiger partial charge in [0.25, 0.3) is 5.56 Å². The Kier molecular flexibility index (Phi) is 7.36. The summed E-state index contributed by atoms with van der Waals surface area (Å²) in [6.45, 7) is 0.937. The van der Waals surface area contributed by atoms with E-state index >= 15 is 0 Å². The van der Waals surface area contributed by atoms with Gasteiger partial charge in [0.05, 0.1) is 24.2 Å². The van der Waals surface area contributed by atoms with Gasteiger partial charge in [-0.05, 0) is 37.0 Å². The molecule has 0 radical (unpaired) electrons. The van der Waals surface area contributed by atoms with Crippen LogP contribution in [0.3, 0.4) is 0 Å². The number of hydrogen-bond donors (Lipinski definition) is 2. The van der Waals surface area contributed by atoms with Crippen LogP contribution >= 0.6 is 0 Å². The molecule has 0 bridgehead atoms. The molecule has 1 aromatic carbocycles. The molecule has 35 heavy (non-hydrogen) atoms. The van der Waals surface area contributed by atoms with Gasteiger partial charge in [0, 0.05) is 44.5 Å². The number of aliphatic imine (C=N–C) groups is 1. The number of rotatable bonds is 7. The van der Waals surface area contributed by atoms with Crippen LogP contribution in [0.2, 0.25) is 0 Å². The summed E-state index contributed by atoms with van der Waals surface area (Å²) in [5.74, 6) is 0.0748. The molecule has 1 aliphatic heterocycles. The van der Waals surface area contributed by atoms with E-state index in [4.69, 9.17) is 5.73 Å². The molecule has 182 valence electrons. The minimum atomic E-state index is -1.12. The topological polar surface area (TPSA) is 127 Å². The number of piperidine rings is 1. The smallest absolute Gasteiger partial charge is 0.277 e. The summed E-state index contributed by atoms with van der Waals surface area (Å²) in [5, 5.41) is 11.2. The summed E-state index contributed by atoms with van der Waals surface area (Å²) in [7, 11) is 1.61. The average Bonchev–Trinajstić information content (AvgIpc) is 2.89. The first kappa shape index (κ1) is 24.3. The van der Waals surface area contributed by atoms with Crippen molar-refractivity contribution >= 4 is 17.3 Å². The number of carbonyl (C=O) groups excluding carboxylic acids is 1. The first-order valence-corrected chi connectivity index (χ1v) is 11.7. The van der Waals surface area contributed by atoms with Crippen LogP contribution in [0.15, 0.2) is 71.0 Å². The molecule has 0 unspecified atom stereocenters. The van der Waals surface area contributed by atoms with Gasteiger partial charge in [-0.3, -0.25) is 24.1 Å². The number of aromatic nitrogens is 3. The Bertz CT molecular complexity index is 1250. The Morgan fingerprint density at radius 3 is 2.49 bits per heavy atom. The second-order valence-electron chi connectivity index (χ2n) is 8.84. The lowest BCUT2D eigenvalue weighted by Crippen LogP contribution is -2.50. The zero-order chi connectivity index (χ0) is 24.8. The zero-order valence-electron chi connectivity index (χ0n) is 19.8. The van der Waals surface area contributed by atoms with Gasteiger partial charge in [-0.15, -0.1) is 0 Å². The van der Waals surface area contributed by atoms with Gasteiger partial charge in [0.1, 0.15) is 11.4 Å². The number of amides is 1. The molecule has 0 aliphatic carbocycles. The van der Waals surface area contributed by atoms with Crippen molar-refractivity contribution in [3.05, 3.63) is 88.4 Å². The lowest BCUT2D eigenvalue weighted by molar-refractivity contribution is -0.135. The number of benzene rings is 1. The third kappa shape index (κ3) is 5.63. The lowest BCUT2D eigenvalue weighted by Gasteiger charge is -2.38. The van der Waals surface area contributed by atoms with E-state index in [1.807, 2.05) is 30.3 Å². The van der Waals surface area contributed by atoms with E-state index < -0.39 is 11.2 Å². The minimum absolute atomic E-state index is 0.0259. The van der Waals surface area contributed by atoms with E-state index in [0.29, 0.717) is 50.2 Å². The van der Waals surface area contributed by atoms with Gasteiger partial charge in [-0.25, -0.2) is 4.98 Å². The van der Waals surface area contributed by atoms with Crippen molar-refractivity contribution in [2.75, 3.05) is 25.9 Å². The fourth-order valence-corrected chi connectivity index (χ4v) is 4.39. The quantitative estimate of drug-likeness (QED) is 0.502. The maximum absolute atomic E-state index is 13.0. The summed E-state index contributed by atoms with van der Waals surface area (Å²) in [5.41, 5.74) is 7.25.